The molecule has 22 heavy (non-hydrogen) atoms. The van der Waals surface area contributed by atoms with Crippen molar-refractivity contribution < 1.29 is 4.79 Å². The Bertz CT molecular complexity index is 803. The van der Waals surface area contributed by atoms with Crippen LogP contribution in [0, 0.1) is 0 Å². The van der Waals surface area contributed by atoms with Gasteiger partial charge in [0.15, 0.2) is 5.78 Å². The lowest BCUT2D eigenvalue weighted by atomic mass is 10.1. The van der Waals surface area contributed by atoms with Crippen molar-refractivity contribution in [1.29, 1.82) is 0 Å². The van der Waals surface area contributed by atoms with Crippen molar-refractivity contribution in [1.82, 2.24) is 0 Å². The van der Waals surface area contributed by atoms with Gasteiger partial charge in [-0.1, -0.05) is 45.7 Å². The van der Waals surface area contributed by atoms with E-state index in [1.165, 1.54) is 12.1 Å². The maximum atomic E-state index is 12.3. The van der Waals surface area contributed by atoms with Crippen molar-refractivity contribution in [3.63, 3.8) is 0 Å². The van der Waals surface area contributed by atoms with Gasteiger partial charge in [-0.3, -0.25) is 9.59 Å². The fraction of sp³-hybridized carbons (Fsp3) is 0.0588. The molecule has 1 N–H and O–H groups in total. The molecule has 2 aromatic carbocycles. The van der Waals surface area contributed by atoms with Gasteiger partial charge in [-0.15, -0.1) is 0 Å². The molecule has 2 aromatic rings. The molecule has 0 heterocycles. The summed E-state index contributed by atoms with van der Waals surface area (Å²) in [6.07, 6.45) is 2.95. The van der Waals surface area contributed by atoms with Gasteiger partial charge < -0.3 is 5.32 Å². The Labute approximate surface area is 141 Å². The van der Waals surface area contributed by atoms with Crippen LogP contribution >= 0.6 is 27.5 Å². The van der Waals surface area contributed by atoms with Crippen molar-refractivity contribution in [2.45, 2.75) is 0 Å². The highest BCUT2D eigenvalue weighted by Crippen LogP contribution is 2.17. The van der Waals surface area contributed by atoms with Crippen molar-refractivity contribution in [2.24, 2.45) is 0 Å². The van der Waals surface area contributed by atoms with Crippen LogP contribution in [0.4, 0.5) is 5.69 Å². The molecule has 0 aliphatic rings. The highest BCUT2D eigenvalue weighted by molar-refractivity contribution is 9.10. The second kappa shape index (κ2) is 7.38. The number of hydrogen-bond acceptors (Lipinski definition) is 3. The third-order valence-corrected chi connectivity index (χ3v) is 3.87. The Balaban J connectivity index is 2.43. The third kappa shape index (κ3) is 3.84. The predicted molar refractivity (Wildman–Crippen MR) is 94.8 cm³/mol. The van der Waals surface area contributed by atoms with Gasteiger partial charge in [0.25, 0.3) is 0 Å². The third-order valence-electron chi connectivity index (χ3n) is 3.03. The van der Waals surface area contributed by atoms with E-state index in [0.717, 1.165) is 5.56 Å². The van der Waals surface area contributed by atoms with Crippen LogP contribution in [0.2, 0.25) is 5.02 Å². The molecule has 0 aromatic heterocycles. The first-order valence-electron chi connectivity index (χ1n) is 6.51. The first-order chi connectivity index (χ1) is 10.5. The minimum Gasteiger partial charge on any atom is -0.385 e. The predicted octanol–water partition coefficient (Wildman–Crippen LogP) is 4.40. The number of nitrogens with one attached hydrogen (secondary N) is 1. The number of anilines is 1. The highest BCUT2D eigenvalue weighted by atomic mass is 79.9. The van der Waals surface area contributed by atoms with Gasteiger partial charge >= 0.3 is 0 Å². The second-order valence-electron chi connectivity index (χ2n) is 4.49. The fourth-order valence-electron chi connectivity index (χ4n) is 1.88. The SMILES string of the molecule is CNc1ccc(Br)cc(C(=O)/C=C\c2ccccc2Cl)c1=O. The molecule has 0 amide bonds. The van der Waals surface area contributed by atoms with Crippen LogP contribution < -0.4 is 10.7 Å². The maximum absolute atomic E-state index is 12.3. The molecule has 0 radical (unpaired) electrons. The van der Waals surface area contributed by atoms with Crippen molar-refractivity contribution >= 4 is 45.1 Å². The summed E-state index contributed by atoms with van der Waals surface area (Å²) in [5, 5.41) is 3.34. The summed E-state index contributed by atoms with van der Waals surface area (Å²) in [6.45, 7) is 0. The van der Waals surface area contributed by atoms with E-state index in [1.807, 2.05) is 12.1 Å². The zero-order valence-corrected chi connectivity index (χ0v) is 14.1. The van der Waals surface area contributed by atoms with Gasteiger partial charge in [-0.2, -0.15) is 0 Å². The first kappa shape index (κ1) is 16.5. The zero-order chi connectivity index (χ0) is 16.1. The van der Waals surface area contributed by atoms with Gasteiger partial charge in [0.2, 0.25) is 5.43 Å². The molecule has 112 valence electrons. The van der Waals surface area contributed by atoms with Crippen molar-refractivity contribution in [2.75, 3.05) is 12.4 Å². The van der Waals surface area contributed by atoms with E-state index < -0.39 is 0 Å². The summed E-state index contributed by atoms with van der Waals surface area (Å²) >= 11 is 9.34. The summed E-state index contributed by atoms with van der Waals surface area (Å²) in [5.74, 6) is -0.377. The van der Waals surface area contributed by atoms with Crippen LogP contribution in [0.25, 0.3) is 6.08 Å². The molecule has 0 atom stereocenters. The first-order valence-corrected chi connectivity index (χ1v) is 7.68. The van der Waals surface area contributed by atoms with E-state index in [9.17, 15) is 9.59 Å². The van der Waals surface area contributed by atoms with Crippen molar-refractivity contribution in [3.05, 3.63) is 79.4 Å². The zero-order valence-electron chi connectivity index (χ0n) is 11.8. The average Bonchev–Trinajstić information content (AvgIpc) is 2.65. The average molecular weight is 379 g/mol. The largest absolute Gasteiger partial charge is 0.385 e. The number of rotatable bonds is 4. The lowest BCUT2D eigenvalue weighted by molar-refractivity contribution is 0.104. The van der Waals surface area contributed by atoms with Crippen LogP contribution in [0.15, 0.2) is 57.8 Å². The number of carbonyl (C=O) groups excluding carboxylic acids is 1. The molecule has 5 heteroatoms. The van der Waals surface area contributed by atoms with Crippen LogP contribution in [-0.2, 0) is 0 Å². The standard InChI is InChI=1S/C17H13BrClNO2/c1-20-15-8-7-12(18)10-13(17(15)22)16(21)9-6-11-4-2-3-5-14(11)19/h2-10H,1H3,(H,20,22)/b9-6-. The van der Waals surface area contributed by atoms with Crippen LogP contribution in [0.1, 0.15) is 15.9 Å². The molecule has 0 aliphatic heterocycles. The molecule has 2 rings (SSSR count). The maximum Gasteiger partial charge on any atom is 0.212 e. The summed E-state index contributed by atoms with van der Waals surface area (Å²) < 4.78 is 0.653. The number of benzene rings is 1. The van der Waals surface area contributed by atoms with E-state index in [0.29, 0.717) is 15.2 Å². The Morgan fingerprint density at radius 3 is 2.64 bits per heavy atom. The number of halogens is 2. The van der Waals surface area contributed by atoms with Gasteiger partial charge in [0, 0.05) is 16.5 Å². The Hall–Kier alpha value is -1.91. The molecule has 0 saturated heterocycles. The molecule has 0 saturated carbocycles. The smallest absolute Gasteiger partial charge is 0.212 e. The molecular weight excluding hydrogens is 366 g/mol. The molecule has 0 aliphatic carbocycles. The quantitative estimate of drug-likeness (QED) is 0.633. The molecule has 0 fully saturated rings. The number of hydrogen-bond donors (Lipinski definition) is 1. The molecular formula is C17H13BrClNO2. The van der Waals surface area contributed by atoms with E-state index in [2.05, 4.69) is 21.2 Å². The topological polar surface area (TPSA) is 46.2 Å². The molecule has 0 unspecified atom stereocenters. The van der Waals surface area contributed by atoms with Gasteiger partial charge in [0.1, 0.15) is 0 Å². The summed E-state index contributed by atoms with van der Waals surface area (Å²) in [4.78, 5) is 24.6. The molecule has 3 nitrogen and oxygen atoms in total. The van der Waals surface area contributed by atoms with Gasteiger partial charge in [0.05, 0.1) is 11.3 Å². The minimum absolute atomic E-state index is 0.0875. The van der Waals surface area contributed by atoms with Crippen molar-refractivity contribution in [3.8, 4) is 0 Å². The van der Waals surface area contributed by atoms with E-state index in [1.54, 1.807) is 37.4 Å². The van der Waals surface area contributed by atoms with Crippen LogP contribution in [-0.4, -0.2) is 12.8 Å². The normalized spacial score (nSPS) is 10.7. The van der Waals surface area contributed by atoms with Gasteiger partial charge in [-0.05, 0) is 42.0 Å². The fourth-order valence-corrected chi connectivity index (χ4v) is 2.44. The number of allylic oxidation sites excluding steroid dienone is 1. The Kier molecular flexibility index (Phi) is 5.52. The molecule has 0 bridgehead atoms. The van der Waals surface area contributed by atoms with E-state index in [4.69, 9.17) is 11.6 Å². The number of ketones is 1. The van der Waals surface area contributed by atoms with Crippen LogP contribution in [0.5, 0.6) is 0 Å². The number of carbonyl (C=O) groups is 1. The Morgan fingerprint density at radius 1 is 1.23 bits per heavy atom. The summed E-state index contributed by atoms with van der Waals surface area (Å²) in [7, 11) is 1.64. The van der Waals surface area contributed by atoms with E-state index in [-0.39, 0.29) is 16.8 Å². The molecule has 0 spiro atoms. The Morgan fingerprint density at radius 2 is 1.95 bits per heavy atom. The summed E-state index contributed by atoms with van der Waals surface area (Å²) in [6, 6.07) is 12.0. The minimum atomic E-state index is -0.377. The highest BCUT2D eigenvalue weighted by Gasteiger charge is 2.10. The van der Waals surface area contributed by atoms with Gasteiger partial charge in [-0.25, -0.2) is 0 Å². The second-order valence-corrected chi connectivity index (χ2v) is 5.81. The summed E-state index contributed by atoms with van der Waals surface area (Å²) in [5.41, 5.74) is 0.824. The van der Waals surface area contributed by atoms with Crippen LogP contribution in [0.3, 0.4) is 0 Å². The lowest BCUT2D eigenvalue weighted by Crippen LogP contribution is -2.14. The lowest BCUT2D eigenvalue weighted by Gasteiger charge is -1.97. The van der Waals surface area contributed by atoms with E-state index >= 15 is 0 Å². The monoisotopic (exact) mass is 377 g/mol.